The van der Waals surface area contributed by atoms with Crippen molar-refractivity contribution in [1.29, 1.82) is 0 Å². The van der Waals surface area contributed by atoms with Crippen molar-refractivity contribution in [3.8, 4) is 22.3 Å². The van der Waals surface area contributed by atoms with Gasteiger partial charge in [-0.1, -0.05) is 18.2 Å². The van der Waals surface area contributed by atoms with E-state index in [0.717, 1.165) is 27.6 Å². The molecule has 4 rings (SSSR count). The van der Waals surface area contributed by atoms with Crippen LogP contribution in [0.5, 0.6) is 0 Å². The van der Waals surface area contributed by atoms with Crippen LogP contribution >= 0.6 is 0 Å². The number of hydrogen-bond donors (Lipinski definition) is 0. The molecule has 0 N–H and O–H groups in total. The first-order valence-electron chi connectivity index (χ1n) is 7.12. The molecule has 0 aliphatic heterocycles. The van der Waals surface area contributed by atoms with Gasteiger partial charge < -0.3 is 0 Å². The van der Waals surface area contributed by atoms with Crippen molar-refractivity contribution in [2.24, 2.45) is 0 Å². The summed E-state index contributed by atoms with van der Waals surface area (Å²) in [4.78, 5) is 12.8. The third-order valence-corrected chi connectivity index (χ3v) is 3.75. The lowest BCUT2D eigenvalue weighted by molar-refractivity contribution is 1.32. The number of fused-ring (bicyclic) bond motifs is 1. The molecule has 3 heteroatoms. The van der Waals surface area contributed by atoms with Crippen LogP contribution in [0, 0.1) is 0 Å². The fraction of sp³-hybridized carbons (Fsp3) is 0. The highest BCUT2D eigenvalue weighted by Gasteiger charge is 2.09. The van der Waals surface area contributed by atoms with Gasteiger partial charge >= 0.3 is 0 Å². The second-order valence-corrected chi connectivity index (χ2v) is 5.03. The van der Waals surface area contributed by atoms with E-state index in [2.05, 4.69) is 33.2 Å². The second-order valence-electron chi connectivity index (χ2n) is 5.03. The molecule has 0 aliphatic carbocycles. The van der Waals surface area contributed by atoms with Gasteiger partial charge in [-0.05, 0) is 47.0 Å². The molecule has 0 saturated carbocycles. The summed E-state index contributed by atoms with van der Waals surface area (Å²) in [5.74, 6) is 0. The summed E-state index contributed by atoms with van der Waals surface area (Å²) in [5, 5.41) is 1.14. The summed E-state index contributed by atoms with van der Waals surface area (Å²) in [6.45, 7) is 0. The number of rotatable bonds is 2. The summed E-state index contributed by atoms with van der Waals surface area (Å²) in [6, 6.07) is 16.4. The lowest BCUT2D eigenvalue weighted by Crippen LogP contribution is -1.88. The molecule has 0 unspecified atom stereocenters. The van der Waals surface area contributed by atoms with Crippen LogP contribution in [0.15, 0.2) is 79.5 Å². The van der Waals surface area contributed by atoms with Gasteiger partial charge in [-0.2, -0.15) is 0 Å². The fourth-order valence-electron chi connectivity index (χ4n) is 2.72. The Morgan fingerprint density at radius 1 is 0.545 bits per heavy atom. The van der Waals surface area contributed by atoms with Gasteiger partial charge in [0.25, 0.3) is 0 Å². The SMILES string of the molecule is c1cc(-c2ccncc2)c2nccc(-c3ccncc3)c2c1. The van der Waals surface area contributed by atoms with E-state index in [-0.39, 0.29) is 0 Å². The van der Waals surface area contributed by atoms with Gasteiger partial charge in [-0.15, -0.1) is 0 Å². The minimum absolute atomic E-state index is 1.00. The fourth-order valence-corrected chi connectivity index (χ4v) is 2.72. The van der Waals surface area contributed by atoms with Crippen LogP contribution < -0.4 is 0 Å². The van der Waals surface area contributed by atoms with Crippen LogP contribution in [-0.4, -0.2) is 15.0 Å². The topological polar surface area (TPSA) is 38.7 Å². The third kappa shape index (κ3) is 2.13. The maximum Gasteiger partial charge on any atom is 0.0786 e. The quantitative estimate of drug-likeness (QED) is 0.548. The van der Waals surface area contributed by atoms with Crippen LogP contribution in [-0.2, 0) is 0 Å². The van der Waals surface area contributed by atoms with Gasteiger partial charge in [0, 0.05) is 41.9 Å². The van der Waals surface area contributed by atoms with Crippen LogP contribution in [0.2, 0.25) is 0 Å². The van der Waals surface area contributed by atoms with Crippen molar-refractivity contribution >= 4 is 10.9 Å². The zero-order valence-electron chi connectivity index (χ0n) is 11.8. The maximum absolute atomic E-state index is 4.61. The molecule has 1 aromatic carbocycles. The molecule has 0 amide bonds. The summed E-state index contributed by atoms with van der Waals surface area (Å²) in [6.07, 6.45) is 9.10. The maximum atomic E-state index is 4.61. The van der Waals surface area contributed by atoms with E-state index in [1.54, 1.807) is 12.4 Å². The van der Waals surface area contributed by atoms with E-state index >= 15 is 0 Å². The second kappa shape index (κ2) is 5.37. The number of aromatic nitrogens is 3. The molecule has 22 heavy (non-hydrogen) atoms. The Bertz CT molecular complexity index is 840. The summed E-state index contributed by atoms with van der Waals surface area (Å²) in [5.41, 5.74) is 5.57. The monoisotopic (exact) mass is 283 g/mol. The zero-order chi connectivity index (χ0) is 14.8. The predicted molar refractivity (Wildman–Crippen MR) is 88.2 cm³/mol. The molecular formula is C19H13N3. The summed E-state index contributed by atoms with van der Waals surface area (Å²) in [7, 11) is 0. The minimum Gasteiger partial charge on any atom is -0.265 e. The van der Waals surface area contributed by atoms with Crippen LogP contribution in [0.4, 0.5) is 0 Å². The molecule has 3 heterocycles. The molecule has 0 radical (unpaired) electrons. The first-order valence-corrected chi connectivity index (χ1v) is 7.12. The first-order chi connectivity index (χ1) is 10.9. The minimum atomic E-state index is 1.00. The number of para-hydroxylation sites is 1. The molecule has 0 spiro atoms. The highest BCUT2D eigenvalue weighted by atomic mass is 14.7. The molecule has 0 aliphatic rings. The Kier molecular flexibility index (Phi) is 3.09. The van der Waals surface area contributed by atoms with Crippen molar-refractivity contribution < 1.29 is 0 Å². The lowest BCUT2D eigenvalue weighted by atomic mass is 9.97. The highest BCUT2D eigenvalue weighted by molar-refractivity contribution is 6.01. The zero-order valence-corrected chi connectivity index (χ0v) is 11.8. The Morgan fingerprint density at radius 2 is 1.18 bits per heavy atom. The van der Waals surface area contributed by atoms with Gasteiger partial charge in [-0.3, -0.25) is 15.0 Å². The Hall–Kier alpha value is -3.07. The molecule has 0 fully saturated rings. The number of pyridine rings is 3. The van der Waals surface area contributed by atoms with Crippen molar-refractivity contribution in [2.75, 3.05) is 0 Å². The van der Waals surface area contributed by atoms with E-state index in [0.29, 0.717) is 0 Å². The van der Waals surface area contributed by atoms with Gasteiger partial charge in [0.15, 0.2) is 0 Å². The number of benzene rings is 1. The third-order valence-electron chi connectivity index (χ3n) is 3.75. The van der Waals surface area contributed by atoms with E-state index in [1.165, 1.54) is 5.56 Å². The van der Waals surface area contributed by atoms with Gasteiger partial charge in [0.1, 0.15) is 0 Å². The smallest absolute Gasteiger partial charge is 0.0786 e. The van der Waals surface area contributed by atoms with Crippen LogP contribution in [0.3, 0.4) is 0 Å². The van der Waals surface area contributed by atoms with Gasteiger partial charge in [-0.25, -0.2) is 0 Å². The van der Waals surface area contributed by atoms with E-state index in [4.69, 9.17) is 0 Å². The lowest BCUT2D eigenvalue weighted by Gasteiger charge is -2.10. The summed E-state index contributed by atoms with van der Waals surface area (Å²) >= 11 is 0. The van der Waals surface area contributed by atoms with E-state index in [1.807, 2.05) is 48.9 Å². The average Bonchev–Trinajstić information content (AvgIpc) is 2.62. The Morgan fingerprint density at radius 3 is 1.86 bits per heavy atom. The Labute approximate surface area is 128 Å². The number of nitrogens with zero attached hydrogens (tertiary/aromatic N) is 3. The summed E-state index contributed by atoms with van der Waals surface area (Å²) < 4.78 is 0. The molecule has 0 saturated heterocycles. The van der Waals surface area contributed by atoms with Gasteiger partial charge in [0.05, 0.1) is 5.52 Å². The molecule has 3 nitrogen and oxygen atoms in total. The normalized spacial score (nSPS) is 10.7. The molecule has 3 aromatic heterocycles. The molecule has 0 atom stereocenters. The van der Waals surface area contributed by atoms with Gasteiger partial charge in [0.2, 0.25) is 0 Å². The van der Waals surface area contributed by atoms with Crippen molar-refractivity contribution in [1.82, 2.24) is 15.0 Å². The molecule has 0 bridgehead atoms. The average molecular weight is 283 g/mol. The van der Waals surface area contributed by atoms with E-state index < -0.39 is 0 Å². The van der Waals surface area contributed by atoms with E-state index in [9.17, 15) is 0 Å². The molecule has 104 valence electrons. The van der Waals surface area contributed by atoms with Crippen LogP contribution in [0.1, 0.15) is 0 Å². The van der Waals surface area contributed by atoms with Crippen molar-refractivity contribution in [3.05, 3.63) is 79.5 Å². The first kappa shape index (κ1) is 12.7. The standard InChI is InChI=1S/C19H13N3/c1-2-17(15-6-11-21-12-7-15)19-18(3-1)16(8-13-22-19)14-4-9-20-10-5-14/h1-13H. The van der Waals surface area contributed by atoms with Crippen molar-refractivity contribution in [3.63, 3.8) is 0 Å². The highest BCUT2D eigenvalue weighted by Crippen LogP contribution is 2.32. The predicted octanol–water partition coefficient (Wildman–Crippen LogP) is 4.36. The van der Waals surface area contributed by atoms with Crippen LogP contribution in [0.25, 0.3) is 33.2 Å². The largest absolute Gasteiger partial charge is 0.265 e. The molecular weight excluding hydrogens is 270 g/mol. The molecule has 4 aromatic rings. The Balaban J connectivity index is 2.00. The number of hydrogen-bond acceptors (Lipinski definition) is 3. The van der Waals surface area contributed by atoms with Crippen molar-refractivity contribution in [2.45, 2.75) is 0 Å².